The normalized spacial score (nSPS) is 14.9. The zero-order chi connectivity index (χ0) is 23.5. The maximum atomic E-state index is 13.1. The number of H-pyrrole nitrogens is 1. The lowest BCUT2D eigenvalue weighted by atomic mass is 10.1. The average molecular weight is 459 g/mol. The van der Waals surface area contributed by atoms with Crippen LogP contribution in [0.15, 0.2) is 67.0 Å². The van der Waals surface area contributed by atoms with E-state index < -0.39 is 6.10 Å². The highest BCUT2D eigenvalue weighted by Crippen LogP contribution is 2.36. The summed E-state index contributed by atoms with van der Waals surface area (Å²) in [7, 11) is 3.96. The van der Waals surface area contributed by atoms with E-state index >= 15 is 0 Å². The van der Waals surface area contributed by atoms with Crippen molar-refractivity contribution in [3.8, 4) is 28.4 Å². The summed E-state index contributed by atoms with van der Waals surface area (Å²) in [6.07, 6.45) is 2.77. The third-order valence-corrected chi connectivity index (χ3v) is 5.63. The van der Waals surface area contributed by atoms with Crippen LogP contribution in [0, 0.1) is 0 Å². The fourth-order valence-corrected chi connectivity index (χ4v) is 3.77. The molecule has 2 heterocycles. The second-order valence-electron chi connectivity index (χ2n) is 8.40. The first-order chi connectivity index (χ1) is 16.6. The number of anilines is 1. The first-order valence-electron chi connectivity index (χ1n) is 11.1. The van der Waals surface area contributed by atoms with E-state index in [1.54, 1.807) is 6.20 Å². The summed E-state index contributed by atoms with van der Waals surface area (Å²) in [6, 6.07) is 17.4. The summed E-state index contributed by atoms with van der Waals surface area (Å²) in [6.45, 7) is 1.35. The van der Waals surface area contributed by atoms with Gasteiger partial charge in [0.2, 0.25) is 6.10 Å². The van der Waals surface area contributed by atoms with Gasteiger partial charge in [-0.25, -0.2) is 0 Å². The molecule has 2 N–H and O–H groups in total. The fourth-order valence-electron chi connectivity index (χ4n) is 3.77. The summed E-state index contributed by atoms with van der Waals surface area (Å²) >= 11 is 0. The van der Waals surface area contributed by atoms with Crippen LogP contribution in [-0.4, -0.2) is 61.0 Å². The topological polar surface area (TPSA) is 88.7 Å². The molecular formula is C26H26N4O4. The van der Waals surface area contributed by atoms with Gasteiger partial charge in [0, 0.05) is 18.3 Å². The number of hydrogen-bond acceptors (Lipinski definition) is 6. The smallest absolute Gasteiger partial charge is 0.269 e. The van der Waals surface area contributed by atoms with Crippen LogP contribution in [0.5, 0.6) is 17.2 Å². The zero-order valence-corrected chi connectivity index (χ0v) is 19.1. The van der Waals surface area contributed by atoms with Gasteiger partial charge in [0.15, 0.2) is 11.5 Å². The minimum atomic E-state index is -0.781. The van der Waals surface area contributed by atoms with Crippen molar-refractivity contribution in [2.24, 2.45) is 0 Å². The zero-order valence-electron chi connectivity index (χ0n) is 19.1. The Balaban J connectivity index is 1.34. The number of aromatic amines is 1. The van der Waals surface area contributed by atoms with Crippen molar-refractivity contribution in [3.05, 3.63) is 67.0 Å². The lowest BCUT2D eigenvalue weighted by molar-refractivity contribution is -0.125. The van der Waals surface area contributed by atoms with Gasteiger partial charge < -0.3 is 24.4 Å². The van der Waals surface area contributed by atoms with Gasteiger partial charge in [0.1, 0.15) is 19.0 Å². The van der Waals surface area contributed by atoms with E-state index in [9.17, 15) is 4.79 Å². The molecule has 0 radical (unpaired) electrons. The first-order valence-corrected chi connectivity index (χ1v) is 11.1. The summed E-state index contributed by atoms with van der Waals surface area (Å²) in [5, 5.41) is 11.9. The molecule has 174 valence electrons. The van der Waals surface area contributed by atoms with E-state index in [4.69, 9.17) is 14.2 Å². The highest BCUT2D eigenvalue weighted by Gasteiger charge is 2.28. The number of nitrogens with one attached hydrogen (secondary N) is 2. The lowest BCUT2D eigenvalue weighted by Gasteiger charge is -2.26. The second-order valence-corrected chi connectivity index (χ2v) is 8.40. The molecule has 3 aromatic carbocycles. The monoisotopic (exact) mass is 458 g/mol. The Morgan fingerprint density at radius 1 is 1.12 bits per heavy atom. The van der Waals surface area contributed by atoms with Gasteiger partial charge in [-0.15, -0.1) is 0 Å². The van der Waals surface area contributed by atoms with Crippen molar-refractivity contribution in [1.82, 2.24) is 15.1 Å². The van der Waals surface area contributed by atoms with Crippen molar-refractivity contribution < 1.29 is 19.0 Å². The van der Waals surface area contributed by atoms with Crippen LogP contribution in [-0.2, 0) is 4.79 Å². The highest BCUT2D eigenvalue weighted by atomic mass is 16.6. The Labute approximate surface area is 197 Å². The predicted molar refractivity (Wildman–Crippen MR) is 131 cm³/mol. The Morgan fingerprint density at radius 3 is 2.65 bits per heavy atom. The third-order valence-electron chi connectivity index (χ3n) is 5.63. The number of hydrogen-bond donors (Lipinski definition) is 2. The van der Waals surface area contributed by atoms with Crippen LogP contribution in [0.2, 0.25) is 0 Å². The number of carbonyl (C=O) groups excluding carboxylic acids is 1. The molecule has 1 atom stereocenters. The molecular weight excluding hydrogens is 432 g/mol. The Bertz CT molecular complexity index is 1300. The fraction of sp³-hybridized carbons (Fsp3) is 0.231. The molecule has 1 unspecified atom stereocenters. The van der Waals surface area contributed by atoms with Crippen LogP contribution < -0.4 is 19.5 Å². The van der Waals surface area contributed by atoms with Crippen LogP contribution in [0.1, 0.15) is 0 Å². The molecule has 4 aromatic rings. The lowest BCUT2D eigenvalue weighted by Crippen LogP contribution is -2.40. The van der Waals surface area contributed by atoms with Crippen molar-refractivity contribution in [2.45, 2.75) is 6.10 Å². The second kappa shape index (κ2) is 9.44. The third kappa shape index (κ3) is 4.67. The number of amides is 1. The molecule has 8 nitrogen and oxygen atoms in total. The summed E-state index contributed by atoms with van der Waals surface area (Å²) < 4.78 is 17.9. The molecule has 34 heavy (non-hydrogen) atoms. The van der Waals surface area contributed by atoms with Gasteiger partial charge in [-0.1, -0.05) is 30.3 Å². The molecule has 1 aliphatic heterocycles. The van der Waals surface area contributed by atoms with E-state index in [0.29, 0.717) is 29.5 Å². The van der Waals surface area contributed by atoms with Crippen LogP contribution >= 0.6 is 0 Å². The number of rotatable bonds is 7. The number of ether oxygens (including phenoxy) is 3. The number of fused-ring (bicyclic) bond motifs is 2. The average Bonchev–Trinajstić information content (AvgIpc) is 3.38. The van der Waals surface area contributed by atoms with Gasteiger partial charge >= 0.3 is 0 Å². The molecule has 0 saturated carbocycles. The van der Waals surface area contributed by atoms with E-state index in [2.05, 4.69) is 15.5 Å². The summed E-state index contributed by atoms with van der Waals surface area (Å²) in [5.74, 6) is 1.48. The van der Waals surface area contributed by atoms with E-state index in [1.807, 2.05) is 79.8 Å². The summed E-state index contributed by atoms with van der Waals surface area (Å²) in [4.78, 5) is 15.1. The van der Waals surface area contributed by atoms with Crippen molar-refractivity contribution in [2.75, 3.05) is 39.2 Å². The standard InChI is InChI=1S/C26H26N4O4/c1-30(2)9-10-32-22-11-19(20-14-27-28-15-20)7-8-21(22)29-26(31)25-16-33-23-12-17-5-3-4-6-18(17)13-24(23)34-25/h3-8,11-15,25H,9-10,16H2,1-2H3,(H,27,28)(H,29,31). The van der Waals surface area contributed by atoms with E-state index in [-0.39, 0.29) is 12.5 Å². The van der Waals surface area contributed by atoms with Gasteiger partial charge in [0.25, 0.3) is 5.91 Å². The molecule has 0 aliphatic carbocycles. The van der Waals surface area contributed by atoms with E-state index in [1.165, 1.54) is 0 Å². The molecule has 1 aliphatic rings. The minimum Gasteiger partial charge on any atom is -0.490 e. The molecule has 0 fully saturated rings. The predicted octanol–water partition coefficient (Wildman–Crippen LogP) is 3.95. The van der Waals surface area contributed by atoms with Gasteiger partial charge in [-0.3, -0.25) is 9.89 Å². The van der Waals surface area contributed by atoms with Crippen LogP contribution in [0.3, 0.4) is 0 Å². The Hall–Kier alpha value is -4.04. The van der Waals surface area contributed by atoms with Crippen LogP contribution in [0.25, 0.3) is 21.9 Å². The molecule has 1 amide bonds. The van der Waals surface area contributed by atoms with Crippen molar-refractivity contribution >= 4 is 22.4 Å². The SMILES string of the molecule is CN(C)CCOc1cc(-c2cn[nH]c2)ccc1NC(=O)C1COc2cc3ccccc3cc2O1. The molecule has 0 spiro atoms. The number of likely N-dealkylation sites (N-methyl/N-ethyl adjacent to an activating group) is 1. The quantitative estimate of drug-likeness (QED) is 0.436. The highest BCUT2D eigenvalue weighted by molar-refractivity contribution is 5.96. The minimum absolute atomic E-state index is 0.126. The molecule has 5 rings (SSSR count). The van der Waals surface area contributed by atoms with Gasteiger partial charge in [0.05, 0.1) is 11.9 Å². The van der Waals surface area contributed by atoms with Crippen molar-refractivity contribution in [1.29, 1.82) is 0 Å². The first kappa shape index (κ1) is 21.8. The number of aromatic nitrogens is 2. The van der Waals surface area contributed by atoms with Crippen molar-refractivity contribution in [3.63, 3.8) is 0 Å². The van der Waals surface area contributed by atoms with Gasteiger partial charge in [-0.2, -0.15) is 5.10 Å². The Kier molecular flexibility index (Phi) is 6.05. The molecule has 0 saturated heterocycles. The molecule has 1 aromatic heterocycles. The van der Waals surface area contributed by atoms with Gasteiger partial charge in [-0.05, 0) is 54.7 Å². The summed E-state index contributed by atoms with van der Waals surface area (Å²) in [5.41, 5.74) is 2.44. The largest absolute Gasteiger partial charge is 0.490 e. The number of benzene rings is 3. The number of carbonyl (C=O) groups is 1. The van der Waals surface area contributed by atoms with Crippen LogP contribution in [0.4, 0.5) is 5.69 Å². The maximum absolute atomic E-state index is 13.1. The Morgan fingerprint density at radius 2 is 1.91 bits per heavy atom. The maximum Gasteiger partial charge on any atom is 0.269 e. The number of nitrogens with zero attached hydrogens (tertiary/aromatic N) is 2. The van der Waals surface area contributed by atoms with E-state index in [0.717, 1.165) is 28.4 Å². The molecule has 0 bridgehead atoms. The molecule has 8 heteroatoms.